The topological polar surface area (TPSA) is 65.6 Å². The molecule has 38 heavy (non-hydrogen) atoms. The molecule has 3 aromatic rings. The van der Waals surface area contributed by atoms with E-state index in [1.54, 1.807) is 28.2 Å². The van der Waals surface area contributed by atoms with Gasteiger partial charge in [0.25, 0.3) is 0 Å². The second-order valence-corrected chi connectivity index (χ2v) is 10.9. The summed E-state index contributed by atoms with van der Waals surface area (Å²) in [6, 6.07) is 12.6. The zero-order valence-electron chi connectivity index (χ0n) is 22.4. The van der Waals surface area contributed by atoms with Crippen LogP contribution in [0, 0.1) is 6.92 Å². The number of aryl methyl sites for hydroxylation is 1. The minimum atomic E-state index is -0.0892. The Hall–Kier alpha value is -3.30. The Balaban J connectivity index is 1.12. The van der Waals surface area contributed by atoms with Crippen molar-refractivity contribution < 1.29 is 19.1 Å². The highest BCUT2D eigenvalue weighted by Crippen LogP contribution is 2.36. The monoisotopic (exact) mass is 536 g/mol. The van der Waals surface area contributed by atoms with Gasteiger partial charge in [0.15, 0.2) is 11.5 Å². The number of carbonyl (C=O) groups is 2. The molecular formula is C29H36N4O4S. The Bertz CT molecular complexity index is 1300. The van der Waals surface area contributed by atoms with Crippen LogP contribution in [-0.2, 0) is 9.59 Å². The first-order valence-corrected chi connectivity index (χ1v) is 14.1. The lowest BCUT2D eigenvalue weighted by molar-refractivity contribution is -0.135. The van der Waals surface area contributed by atoms with E-state index in [1.165, 1.54) is 22.7 Å². The van der Waals surface area contributed by atoms with Crippen molar-refractivity contribution in [2.45, 2.75) is 20.3 Å². The first-order valence-electron chi connectivity index (χ1n) is 13.3. The van der Waals surface area contributed by atoms with Gasteiger partial charge in [0, 0.05) is 80.3 Å². The van der Waals surface area contributed by atoms with Gasteiger partial charge in [-0.3, -0.25) is 14.5 Å². The Morgan fingerprint density at radius 2 is 1.87 bits per heavy atom. The van der Waals surface area contributed by atoms with Crippen molar-refractivity contribution in [3.63, 3.8) is 0 Å². The summed E-state index contributed by atoms with van der Waals surface area (Å²) in [5.41, 5.74) is 3.05. The molecule has 0 aliphatic carbocycles. The van der Waals surface area contributed by atoms with Gasteiger partial charge in [-0.05, 0) is 48.6 Å². The number of piperazine rings is 2. The van der Waals surface area contributed by atoms with Crippen molar-refractivity contribution in [3.8, 4) is 11.5 Å². The van der Waals surface area contributed by atoms with E-state index in [-0.39, 0.29) is 18.4 Å². The van der Waals surface area contributed by atoms with E-state index in [0.29, 0.717) is 25.4 Å². The Morgan fingerprint density at radius 1 is 1.05 bits per heavy atom. The minimum Gasteiger partial charge on any atom is -0.493 e. The quantitative estimate of drug-likeness (QED) is 0.406. The van der Waals surface area contributed by atoms with Crippen molar-refractivity contribution in [2.75, 3.05) is 75.9 Å². The summed E-state index contributed by atoms with van der Waals surface area (Å²) in [5, 5.41) is 3.53. The molecule has 0 saturated carbocycles. The van der Waals surface area contributed by atoms with Crippen LogP contribution in [0.25, 0.3) is 10.1 Å². The fraction of sp³-hybridized carbons (Fsp3) is 0.448. The number of amides is 2. The van der Waals surface area contributed by atoms with E-state index in [1.807, 2.05) is 19.1 Å². The highest BCUT2D eigenvalue weighted by molar-refractivity contribution is 7.17. The number of benzene rings is 2. The van der Waals surface area contributed by atoms with Gasteiger partial charge in [-0.2, -0.15) is 0 Å². The second-order valence-electron chi connectivity index (χ2n) is 9.92. The van der Waals surface area contributed by atoms with Crippen LogP contribution >= 0.6 is 11.3 Å². The molecule has 2 saturated heterocycles. The minimum absolute atomic E-state index is 0.0756. The Labute approximate surface area is 228 Å². The van der Waals surface area contributed by atoms with Crippen molar-refractivity contribution in [1.29, 1.82) is 0 Å². The standard InChI is InChI=1S/C29H36N4O4S/c1-21-18-23(33-15-14-32(22(2)34)20-28(33)35)19-26(36-3)29(21)37-16-5-9-30-10-12-31(13-11-30)25-6-4-7-27-24(25)8-17-38-27/h4,6-8,17-19H,5,9-16,20H2,1-3H3. The first kappa shape index (κ1) is 26.3. The molecule has 3 heterocycles. The van der Waals surface area contributed by atoms with Crippen molar-refractivity contribution in [2.24, 2.45) is 0 Å². The number of ether oxygens (including phenoxy) is 2. The van der Waals surface area contributed by atoms with Crippen LogP contribution in [0.3, 0.4) is 0 Å². The van der Waals surface area contributed by atoms with Gasteiger partial charge in [-0.25, -0.2) is 0 Å². The lowest BCUT2D eigenvalue weighted by Crippen LogP contribution is -2.51. The van der Waals surface area contributed by atoms with E-state index >= 15 is 0 Å². The van der Waals surface area contributed by atoms with Gasteiger partial charge in [0.1, 0.15) is 6.54 Å². The van der Waals surface area contributed by atoms with E-state index in [0.717, 1.165) is 56.1 Å². The predicted octanol–water partition coefficient (Wildman–Crippen LogP) is 4.00. The van der Waals surface area contributed by atoms with E-state index in [4.69, 9.17) is 9.47 Å². The van der Waals surface area contributed by atoms with Crippen molar-refractivity contribution in [1.82, 2.24) is 9.80 Å². The molecule has 0 spiro atoms. The summed E-state index contributed by atoms with van der Waals surface area (Å²) < 4.78 is 13.2. The number of thiophene rings is 1. The highest BCUT2D eigenvalue weighted by atomic mass is 32.1. The zero-order valence-corrected chi connectivity index (χ0v) is 23.3. The van der Waals surface area contributed by atoms with Crippen molar-refractivity contribution >= 4 is 44.6 Å². The molecule has 2 aliphatic heterocycles. The molecule has 0 bridgehead atoms. The molecule has 8 nitrogen and oxygen atoms in total. The fourth-order valence-corrected chi connectivity index (χ4v) is 6.17. The Morgan fingerprint density at radius 3 is 2.61 bits per heavy atom. The molecule has 0 radical (unpaired) electrons. The SMILES string of the molecule is COc1cc(N2CCN(C(C)=O)CC2=O)cc(C)c1OCCCN1CCN(c2cccc3sccc23)CC1. The van der Waals surface area contributed by atoms with E-state index < -0.39 is 0 Å². The number of fused-ring (bicyclic) bond motifs is 1. The number of methoxy groups -OCH3 is 1. The van der Waals surface area contributed by atoms with Crippen LogP contribution in [-0.4, -0.2) is 87.7 Å². The summed E-state index contributed by atoms with van der Waals surface area (Å²) in [6.07, 6.45) is 0.927. The third kappa shape index (κ3) is 5.59. The van der Waals surface area contributed by atoms with Gasteiger partial charge in [0.2, 0.25) is 11.8 Å². The highest BCUT2D eigenvalue weighted by Gasteiger charge is 2.27. The summed E-state index contributed by atoms with van der Waals surface area (Å²) in [7, 11) is 1.62. The molecule has 202 valence electrons. The molecule has 2 aliphatic rings. The molecule has 2 fully saturated rings. The van der Waals surface area contributed by atoms with Crippen molar-refractivity contribution in [3.05, 3.63) is 47.3 Å². The molecule has 9 heteroatoms. The maximum atomic E-state index is 12.7. The molecule has 5 rings (SSSR count). The zero-order chi connectivity index (χ0) is 26.6. The smallest absolute Gasteiger partial charge is 0.246 e. The lowest BCUT2D eigenvalue weighted by Gasteiger charge is -2.36. The number of anilines is 2. The number of hydrogen-bond acceptors (Lipinski definition) is 7. The molecule has 0 unspecified atom stereocenters. The second kappa shape index (κ2) is 11.6. The molecule has 0 N–H and O–H groups in total. The number of rotatable bonds is 8. The number of nitrogens with zero attached hydrogens (tertiary/aromatic N) is 4. The van der Waals surface area contributed by atoms with Gasteiger partial charge in [0.05, 0.1) is 13.7 Å². The summed E-state index contributed by atoms with van der Waals surface area (Å²) in [6.45, 7) is 10.3. The number of carbonyl (C=O) groups excluding carboxylic acids is 2. The number of hydrogen-bond donors (Lipinski definition) is 0. The molecular weight excluding hydrogens is 500 g/mol. The van der Waals surface area contributed by atoms with Crippen LogP contribution in [0.1, 0.15) is 18.9 Å². The van der Waals surface area contributed by atoms with Crippen LogP contribution < -0.4 is 19.3 Å². The maximum Gasteiger partial charge on any atom is 0.246 e. The average molecular weight is 537 g/mol. The van der Waals surface area contributed by atoms with Gasteiger partial charge in [-0.1, -0.05) is 6.07 Å². The summed E-state index contributed by atoms with van der Waals surface area (Å²) >= 11 is 1.80. The molecule has 0 atom stereocenters. The molecule has 1 aromatic heterocycles. The largest absolute Gasteiger partial charge is 0.493 e. The third-order valence-corrected chi connectivity index (χ3v) is 8.36. The molecule has 2 amide bonds. The lowest BCUT2D eigenvalue weighted by atomic mass is 10.1. The Kier molecular flexibility index (Phi) is 8.04. The van der Waals surface area contributed by atoms with Gasteiger partial charge < -0.3 is 24.2 Å². The first-order chi connectivity index (χ1) is 18.4. The predicted molar refractivity (Wildman–Crippen MR) is 153 cm³/mol. The van der Waals surface area contributed by atoms with Crippen LogP contribution in [0.15, 0.2) is 41.8 Å². The summed E-state index contributed by atoms with van der Waals surface area (Å²) in [4.78, 5) is 32.6. The normalized spacial score (nSPS) is 16.8. The average Bonchev–Trinajstić information content (AvgIpc) is 3.41. The third-order valence-electron chi connectivity index (χ3n) is 7.47. The van der Waals surface area contributed by atoms with Crippen LogP contribution in [0.5, 0.6) is 11.5 Å². The van der Waals surface area contributed by atoms with E-state index in [2.05, 4.69) is 39.4 Å². The van der Waals surface area contributed by atoms with Gasteiger partial charge in [-0.15, -0.1) is 11.3 Å². The fourth-order valence-electron chi connectivity index (χ4n) is 5.36. The molecule has 2 aromatic carbocycles. The summed E-state index contributed by atoms with van der Waals surface area (Å²) in [5.74, 6) is 1.18. The van der Waals surface area contributed by atoms with Gasteiger partial charge >= 0.3 is 0 Å². The van der Waals surface area contributed by atoms with Crippen LogP contribution in [0.4, 0.5) is 11.4 Å². The maximum absolute atomic E-state index is 12.7. The van der Waals surface area contributed by atoms with E-state index in [9.17, 15) is 9.59 Å². The van der Waals surface area contributed by atoms with Crippen LogP contribution in [0.2, 0.25) is 0 Å².